The number of nitrogens with zero attached hydrogens (tertiary/aromatic N) is 3. The van der Waals surface area contributed by atoms with E-state index in [-0.39, 0.29) is 6.10 Å². The van der Waals surface area contributed by atoms with Crippen LogP contribution in [0.3, 0.4) is 0 Å². The molecule has 1 N–H and O–H groups in total. The summed E-state index contributed by atoms with van der Waals surface area (Å²) in [6, 6.07) is 1.79. The molecule has 0 bridgehead atoms. The summed E-state index contributed by atoms with van der Waals surface area (Å²) in [4.78, 5) is 13.7. The van der Waals surface area contributed by atoms with E-state index in [0.717, 1.165) is 10.8 Å². The molecule has 0 atom stereocenters. The van der Waals surface area contributed by atoms with E-state index in [1.807, 2.05) is 27.0 Å². The minimum absolute atomic E-state index is 0.106. The highest BCUT2D eigenvalue weighted by Gasteiger charge is 2.03. The van der Waals surface area contributed by atoms with Gasteiger partial charge in [-0.2, -0.15) is 0 Å². The van der Waals surface area contributed by atoms with Crippen molar-refractivity contribution in [3.8, 4) is 5.88 Å². The maximum atomic E-state index is 5.51. The lowest BCUT2D eigenvalue weighted by Crippen LogP contribution is -2.08. The molecule has 2 heterocycles. The summed E-state index contributed by atoms with van der Waals surface area (Å²) in [5, 5.41) is 4.24. The van der Waals surface area contributed by atoms with Gasteiger partial charge < -0.3 is 10.1 Å². The van der Waals surface area contributed by atoms with Gasteiger partial charge in [0.25, 0.3) is 0 Å². The number of ether oxygens (including phenoxy) is 1. The summed E-state index contributed by atoms with van der Waals surface area (Å²) in [7, 11) is 0. The Kier molecular flexibility index (Phi) is 4.09. The van der Waals surface area contributed by atoms with E-state index in [1.165, 1.54) is 11.2 Å². The first-order chi connectivity index (χ1) is 8.63. The molecule has 0 aromatic carbocycles. The smallest absolute Gasteiger partial charge is 0.218 e. The molecule has 0 aliphatic rings. The quantitative estimate of drug-likeness (QED) is 0.899. The zero-order valence-electron chi connectivity index (χ0n) is 10.7. The van der Waals surface area contributed by atoms with Crippen LogP contribution < -0.4 is 10.1 Å². The van der Waals surface area contributed by atoms with Crippen LogP contribution in [-0.4, -0.2) is 21.1 Å². The lowest BCUT2D eigenvalue weighted by Gasteiger charge is -2.09. The second-order valence-electron chi connectivity index (χ2n) is 4.13. The lowest BCUT2D eigenvalue weighted by molar-refractivity contribution is 0.232. The first-order valence-corrected chi connectivity index (χ1v) is 6.59. The fourth-order valence-electron chi connectivity index (χ4n) is 1.39. The Morgan fingerprint density at radius 2 is 2.17 bits per heavy atom. The lowest BCUT2D eigenvalue weighted by atomic mass is 10.4. The monoisotopic (exact) mass is 264 g/mol. The van der Waals surface area contributed by atoms with Gasteiger partial charge in [-0.1, -0.05) is 0 Å². The molecule has 0 unspecified atom stereocenters. The minimum Gasteiger partial charge on any atom is -0.475 e. The second-order valence-corrected chi connectivity index (χ2v) is 5.45. The Bertz CT molecular complexity index is 512. The highest BCUT2D eigenvalue weighted by Crippen LogP contribution is 2.15. The number of nitrogens with one attached hydrogen (secondary N) is 1. The molecule has 6 heteroatoms. The minimum atomic E-state index is 0.106. The van der Waals surface area contributed by atoms with Crippen molar-refractivity contribution in [3.05, 3.63) is 28.5 Å². The summed E-state index contributed by atoms with van der Waals surface area (Å²) in [5.74, 6) is 1.33. The highest BCUT2D eigenvalue weighted by atomic mass is 32.1. The highest BCUT2D eigenvalue weighted by molar-refractivity contribution is 7.11. The Morgan fingerprint density at radius 3 is 2.83 bits per heavy atom. The number of hydrogen-bond donors (Lipinski definition) is 1. The maximum absolute atomic E-state index is 5.51. The molecule has 0 amide bonds. The summed E-state index contributed by atoms with van der Waals surface area (Å²) in [5.41, 5.74) is 0. The molecule has 0 spiro atoms. The van der Waals surface area contributed by atoms with E-state index in [9.17, 15) is 0 Å². The van der Waals surface area contributed by atoms with Crippen LogP contribution in [0.1, 0.15) is 23.7 Å². The van der Waals surface area contributed by atoms with Crippen LogP contribution in [0, 0.1) is 6.92 Å². The van der Waals surface area contributed by atoms with Gasteiger partial charge in [0, 0.05) is 17.1 Å². The van der Waals surface area contributed by atoms with Crippen molar-refractivity contribution in [1.82, 2.24) is 15.0 Å². The first kappa shape index (κ1) is 12.8. The zero-order valence-corrected chi connectivity index (χ0v) is 11.5. The number of anilines is 1. The fraction of sp³-hybridized carbons (Fsp3) is 0.417. The largest absolute Gasteiger partial charge is 0.475 e. The second kappa shape index (κ2) is 5.77. The topological polar surface area (TPSA) is 59.9 Å². The van der Waals surface area contributed by atoms with E-state index in [2.05, 4.69) is 20.3 Å². The normalized spacial score (nSPS) is 10.7. The van der Waals surface area contributed by atoms with Gasteiger partial charge in [-0.3, -0.25) is 0 Å². The number of hydrogen-bond acceptors (Lipinski definition) is 6. The third-order valence-electron chi connectivity index (χ3n) is 2.09. The molecular formula is C12H16N4OS. The van der Waals surface area contributed by atoms with Gasteiger partial charge in [0.05, 0.1) is 12.6 Å². The third-order valence-corrected chi connectivity index (χ3v) is 3.00. The average molecular weight is 264 g/mol. The molecule has 0 aliphatic heterocycles. The average Bonchev–Trinajstić information content (AvgIpc) is 2.72. The molecule has 0 radical (unpaired) electrons. The van der Waals surface area contributed by atoms with E-state index < -0.39 is 0 Å². The Morgan fingerprint density at radius 1 is 1.33 bits per heavy atom. The number of aryl methyl sites for hydroxylation is 1. The summed E-state index contributed by atoms with van der Waals surface area (Å²) < 4.78 is 5.51. The van der Waals surface area contributed by atoms with Gasteiger partial charge >= 0.3 is 0 Å². The van der Waals surface area contributed by atoms with E-state index in [0.29, 0.717) is 12.4 Å². The number of rotatable bonds is 5. The molecule has 0 saturated heterocycles. The van der Waals surface area contributed by atoms with Crippen LogP contribution in [0.25, 0.3) is 0 Å². The molecular weight excluding hydrogens is 248 g/mol. The molecule has 18 heavy (non-hydrogen) atoms. The van der Waals surface area contributed by atoms with E-state index in [4.69, 9.17) is 4.74 Å². The molecule has 0 saturated carbocycles. The van der Waals surface area contributed by atoms with Gasteiger partial charge in [-0.05, 0) is 20.8 Å². The Labute approximate surface area is 110 Å². The van der Waals surface area contributed by atoms with Crippen molar-refractivity contribution in [3.63, 3.8) is 0 Å². The van der Waals surface area contributed by atoms with Gasteiger partial charge in [0.15, 0.2) is 0 Å². The van der Waals surface area contributed by atoms with Crippen molar-refractivity contribution >= 4 is 17.2 Å². The molecule has 2 aromatic heterocycles. The zero-order chi connectivity index (χ0) is 13.0. The predicted octanol–water partition coefficient (Wildman–Crippen LogP) is 2.64. The van der Waals surface area contributed by atoms with E-state index >= 15 is 0 Å². The van der Waals surface area contributed by atoms with Crippen LogP contribution >= 0.6 is 11.3 Å². The van der Waals surface area contributed by atoms with Crippen LogP contribution in [0.2, 0.25) is 0 Å². The van der Waals surface area contributed by atoms with Gasteiger partial charge in [-0.15, -0.1) is 11.3 Å². The fourth-order valence-corrected chi connectivity index (χ4v) is 2.12. The van der Waals surface area contributed by atoms with Crippen LogP contribution in [0.4, 0.5) is 5.82 Å². The first-order valence-electron chi connectivity index (χ1n) is 5.77. The van der Waals surface area contributed by atoms with Crippen LogP contribution in [-0.2, 0) is 6.54 Å². The summed E-state index contributed by atoms with van der Waals surface area (Å²) in [6.07, 6.45) is 3.47. The van der Waals surface area contributed by atoms with E-state index in [1.54, 1.807) is 17.4 Å². The summed E-state index contributed by atoms with van der Waals surface area (Å²) in [6.45, 7) is 6.64. The maximum Gasteiger partial charge on any atom is 0.218 e. The predicted molar refractivity (Wildman–Crippen MR) is 72.0 cm³/mol. The SMILES string of the molecule is Cc1cnc(CNc2cc(OC(C)C)ncn2)s1. The molecule has 0 fully saturated rings. The summed E-state index contributed by atoms with van der Waals surface area (Å²) >= 11 is 1.67. The van der Waals surface area contributed by atoms with Gasteiger partial charge in [0.1, 0.15) is 17.2 Å². The van der Waals surface area contributed by atoms with Gasteiger partial charge in [-0.25, -0.2) is 15.0 Å². The van der Waals surface area contributed by atoms with Gasteiger partial charge in [0.2, 0.25) is 5.88 Å². The number of thiazole rings is 1. The standard InChI is InChI=1S/C12H16N4OS/c1-8(2)17-11-4-10(15-7-16-11)13-6-12-14-5-9(3)18-12/h4-5,7-8H,6H2,1-3H3,(H,13,15,16). The Balaban J connectivity index is 1.96. The van der Waals surface area contributed by atoms with Crippen molar-refractivity contribution < 1.29 is 4.74 Å². The molecule has 2 aromatic rings. The van der Waals surface area contributed by atoms with Crippen LogP contribution in [0.15, 0.2) is 18.6 Å². The third kappa shape index (κ3) is 3.66. The molecule has 2 rings (SSSR count). The van der Waals surface area contributed by atoms with Crippen molar-refractivity contribution in [2.45, 2.75) is 33.4 Å². The molecule has 0 aliphatic carbocycles. The number of aromatic nitrogens is 3. The molecule has 96 valence electrons. The van der Waals surface area contributed by atoms with Crippen molar-refractivity contribution in [2.24, 2.45) is 0 Å². The van der Waals surface area contributed by atoms with Crippen molar-refractivity contribution in [2.75, 3.05) is 5.32 Å². The van der Waals surface area contributed by atoms with Crippen LogP contribution in [0.5, 0.6) is 5.88 Å². The molecule has 5 nitrogen and oxygen atoms in total. The van der Waals surface area contributed by atoms with Crippen molar-refractivity contribution in [1.29, 1.82) is 0 Å². The Hall–Kier alpha value is -1.69.